The Hall–Kier alpha value is -2.47. The number of hydrogen-bond donors (Lipinski definition) is 1. The molecule has 0 radical (unpaired) electrons. The van der Waals surface area contributed by atoms with Crippen LogP contribution in [0.1, 0.15) is 46.8 Å². The molecule has 0 spiro atoms. The lowest BCUT2D eigenvalue weighted by molar-refractivity contribution is -0.139. The van der Waals surface area contributed by atoms with Gasteiger partial charge in [-0.25, -0.2) is 0 Å². The number of aliphatic carboxylic acids is 1. The summed E-state index contributed by atoms with van der Waals surface area (Å²) < 4.78 is 5.41. The van der Waals surface area contributed by atoms with Crippen molar-refractivity contribution in [1.82, 2.24) is 9.88 Å². The Labute approximate surface area is 151 Å². The largest absolute Gasteiger partial charge is 0.481 e. The first-order valence-electron chi connectivity index (χ1n) is 9.05. The van der Waals surface area contributed by atoms with Crippen molar-refractivity contribution in [3.05, 3.63) is 41.1 Å². The van der Waals surface area contributed by atoms with Gasteiger partial charge in [-0.2, -0.15) is 0 Å². The lowest BCUT2D eigenvalue weighted by atomic mass is 10.0. The molecule has 1 aliphatic heterocycles. The molecule has 0 bridgehead atoms. The molecule has 6 nitrogen and oxygen atoms in total. The summed E-state index contributed by atoms with van der Waals surface area (Å²) in [6, 6.07) is 7.42. The number of rotatable bonds is 4. The number of amides is 1. The quantitative estimate of drug-likeness (QED) is 0.913. The Morgan fingerprint density at radius 3 is 2.85 bits per heavy atom. The van der Waals surface area contributed by atoms with Crippen LogP contribution in [0.15, 0.2) is 24.3 Å². The number of carbonyl (C=O) groups excluding carboxylic acids is 1. The molecule has 26 heavy (non-hydrogen) atoms. The number of pyridine rings is 1. The molecule has 4 rings (SSSR count). The fourth-order valence-corrected chi connectivity index (χ4v) is 3.57. The van der Waals surface area contributed by atoms with Crippen molar-refractivity contribution in [1.29, 1.82) is 0 Å². The van der Waals surface area contributed by atoms with Gasteiger partial charge in [0.15, 0.2) is 0 Å². The van der Waals surface area contributed by atoms with Crippen LogP contribution < -0.4 is 0 Å². The molecule has 1 saturated carbocycles. The monoisotopic (exact) mass is 354 g/mol. The molecule has 1 aliphatic carbocycles. The summed E-state index contributed by atoms with van der Waals surface area (Å²) >= 11 is 0. The maximum absolute atomic E-state index is 13.4. The van der Waals surface area contributed by atoms with Gasteiger partial charge in [0.25, 0.3) is 5.91 Å². The van der Waals surface area contributed by atoms with Crippen LogP contribution in [0, 0.1) is 6.92 Å². The molecule has 6 heteroatoms. The van der Waals surface area contributed by atoms with Gasteiger partial charge in [-0.05, 0) is 38.0 Å². The summed E-state index contributed by atoms with van der Waals surface area (Å²) in [7, 11) is 0. The minimum absolute atomic E-state index is 0.108. The molecule has 1 aromatic carbocycles. The predicted octanol–water partition coefficient (Wildman–Crippen LogP) is 2.74. The van der Waals surface area contributed by atoms with Crippen LogP contribution in [0.5, 0.6) is 0 Å². The Balaban J connectivity index is 1.77. The van der Waals surface area contributed by atoms with E-state index in [1.807, 2.05) is 31.2 Å². The first-order valence-corrected chi connectivity index (χ1v) is 9.05. The number of hydrogen-bond acceptors (Lipinski definition) is 4. The van der Waals surface area contributed by atoms with E-state index in [-0.39, 0.29) is 18.9 Å². The molecular formula is C20H22N2O4. The zero-order valence-electron chi connectivity index (χ0n) is 14.8. The highest BCUT2D eigenvalue weighted by atomic mass is 16.5. The second-order valence-electron chi connectivity index (χ2n) is 7.21. The maximum Gasteiger partial charge on any atom is 0.305 e. The van der Waals surface area contributed by atoms with E-state index >= 15 is 0 Å². The minimum atomic E-state index is -0.924. The van der Waals surface area contributed by atoms with Crippen LogP contribution in [0.4, 0.5) is 0 Å². The van der Waals surface area contributed by atoms with E-state index in [1.165, 1.54) is 0 Å². The Morgan fingerprint density at radius 1 is 1.31 bits per heavy atom. The molecule has 1 saturated heterocycles. The van der Waals surface area contributed by atoms with Crippen molar-refractivity contribution in [2.75, 3.05) is 19.8 Å². The summed E-state index contributed by atoms with van der Waals surface area (Å²) in [4.78, 5) is 30.9. The molecule has 1 unspecified atom stereocenters. The van der Waals surface area contributed by atoms with E-state index in [2.05, 4.69) is 0 Å². The van der Waals surface area contributed by atoms with Gasteiger partial charge in [0.1, 0.15) is 0 Å². The number of carboxylic acid groups (broad SMARTS) is 1. The highest BCUT2D eigenvalue weighted by Crippen LogP contribution is 2.40. The standard InChI is InChI=1S/C20H22N2O4/c1-12-2-5-17-15(8-12)16(10-18(21-17)13-3-4-13)20(25)22-6-7-26-11-14(22)9-19(23)24/h2,5,8,10,13-14H,3-4,6-7,9,11H2,1H3,(H,23,24). The SMILES string of the molecule is Cc1ccc2nc(C3CC3)cc(C(=O)N3CCOCC3CC(=O)O)c2c1. The Bertz CT molecular complexity index is 875. The molecule has 1 atom stereocenters. The molecule has 1 aromatic heterocycles. The molecule has 2 fully saturated rings. The highest BCUT2D eigenvalue weighted by Gasteiger charge is 2.32. The van der Waals surface area contributed by atoms with Gasteiger partial charge < -0.3 is 14.7 Å². The van der Waals surface area contributed by atoms with Gasteiger partial charge in [-0.1, -0.05) is 11.6 Å². The molecule has 136 valence electrons. The average Bonchev–Trinajstić information content (AvgIpc) is 3.45. The summed E-state index contributed by atoms with van der Waals surface area (Å²) in [6.45, 7) is 3.09. The van der Waals surface area contributed by atoms with Crippen LogP contribution in [0.3, 0.4) is 0 Å². The number of carboxylic acids is 1. The first-order chi connectivity index (χ1) is 12.5. The third-order valence-electron chi connectivity index (χ3n) is 5.11. The molecule has 2 heterocycles. The molecule has 2 aliphatic rings. The van der Waals surface area contributed by atoms with Gasteiger partial charge in [0, 0.05) is 23.5 Å². The number of fused-ring (bicyclic) bond motifs is 1. The fourth-order valence-electron chi connectivity index (χ4n) is 3.57. The van der Waals surface area contributed by atoms with Crippen molar-refractivity contribution < 1.29 is 19.4 Å². The van der Waals surface area contributed by atoms with Crippen molar-refractivity contribution >= 4 is 22.8 Å². The smallest absolute Gasteiger partial charge is 0.305 e. The van der Waals surface area contributed by atoms with Crippen molar-refractivity contribution in [2.45, 2.75) is 38.1 Å². The van der Waals surface area contributed by atoms with Crippen LogP contribution >= 0.6 is 0 Å². The van der Waals surface area contributed by atoms with Crippen molar-refractivity contribution in [3.8, 4) is 0 Å². The summed E-state index contributed by atoms with van der Waals surface area (Å²) in [6.07, 6.45) is 2.11. The van der Waals surface area contributed by atoms with E-state index < -0.39 is 12.0 Å². The Morgan fingerprint density at radius 2 is 2.12 bits per heavy atom. The van der Waals surface area contributed by atoms with Crippen LogP contribution in [-0.2, 0) is 9.53 Å². The number of nitrogens with zero attached hydrogens (tertiary/aromatic N) is 2. The van der Waals surface area contributed by atoms with E-state index in [0.29, 0.717) is 24.6 Å². The average molecular weight is 354 g/mol. The lowest BCUT2D eigenvalue weighted by Gasteiger charge is -2.35. The van der Waals surface area contributed by atoms with Gasteiger partial charge in [-0.3, -0.25) is 14.6 Å². The molecule has 1 N–H and O–H groups in total. The zero-order chi connectivity index (χ0) is 18.3. The van der Waals surface area contributed by atoms with Crippen molar-refractivity contribution in [2.24, 2.45) is 0 Å². The second-order valence-corrected chi connectivity index (χ2v) is 7.21. The van der Waals surface area contributed by atoms with Gasteiger partial charge in [-0.15, -0.1) is 0 Å². The molecule has 2 aromatic rings. The number of morpholine rings is 1. The third kappa shape index (κ3) is 3.29. The van der Waals surface area contributed by atoms with Crippen LogP contribution in [0.25, 0.3) is 10.9 Å². The predicted molar refractivity (Wildman–Crippen MR) is 96.4 cm³/mol. The first kappa shape index (κ1) is 17.0. The van der Waals surface area contributed by atoms with E-state index in [1.54, 1.807) is 4.90 Å². The molecule has 1 amide bonds. The van der Waals surface area contributed by atoms with E-state index in [0.717, 1.165) is 35.0 Å². The van der Waals surface area contributed by atoms with Gasteiger partial charge in [0.2, 0.25) is 0 Å². The number of aromatic nitrogens is 1. The number of carbonyl (C=O) groups is 2. The van der Waals surface area contributed by atoms with Crippen molar-refractivity contribution in [3.63, 3.8) is 0 Å². The Kier molecular flexibility index (Phi) is 4.36. The summed E-state index contributed by atoms with van der Waals surface area (Å²) in [5, 5.41) is 10.00. The zero-order valence-corrected chi connectivity index (χ0v) is 14.8. The molecular weight excluding hydrogens is 332 g/mol. The number of ether oxygens (including phenoxy) is 1. The summed E-state index contributed by atoms with van der Waals surface area (Å²) in [5.74, 6) is -0.612. The topological polar surface area (TPSA) is 79.7 Å². The lowest BCUT2D eigenvalue weighted by Crippen LogP contribution is -2.49. The van der Waals surface area contributed by atoms with Crippen LogP contribution in [0.2, 0.25) is 0 Å². The van der Waals surface area contributed by atoms with Gasteiger partial charge >= 0.3 is 5.97 Å². The highest BCUT2D eigenvalue weighted by molar-refractivity contribution is 6.06. The maximum atomic E-state index is 13.4. The van der Waals surface area contributed by atoms with Crippen LogP contribution in [-0.4, -0.2) is 52.7 Å². The van der Waals surface area contributed by atoms with E-state index in [4.69, 9.17) is 14.8 Å². The summed E-state index contributed by atoms with van der Waals surface area (Å²) in [5.41, 5.74) is 3.48. The van der Waals surface area contributed by atoms with E-state index in [9.17, 15) is 9.59 Å². The fraction of sp³-hybridized carbons (Fsp3) is 0.450. The number of aryl methyl sites for hydroxylation is 1. The van der Waals surface area contributed by atoms with Gasteiger partial charge in [0.05, 0.1) is 36.8 Å². The second kappa shape index (κ2) is 6.68. The normalized spacial score (nSPS) is 20.3. The third-order valence-corrected chi connectivity index (χ3v) is 5.11. The number of benzene rings is 1. The minimum Gasteiger partial charge on any atom is -0.481 e.